The molecule has 0 spiro atoms. The van der Waals surface area contributed by atoms with Crippen molar-refractivity contribution in [2.24, 2.45) is 0 Å². The second-order valence-electron chi connectivity index (χ2n) is 7.25. The van der Waals surface area contributed by atoms with Gasteiger partial charge in [0.1, 0.15) is 5.75 Å². The Kier molecular flexibility index (Phi) is 7.17. The quantitative estimate of drug-likeness (QED) is 0.683. The number of anilines is 1. The third-order valence-electron chi connectivity index (χ3n) is 5.14. The van der Waals surface area contributed by atoms with E-state index in [9.17, 15) is 18.0 Å². The van der Waals surface area contributed by atoms with Crippen LogP contribution in [-0.2, 0) is 14.8 Å². The molecule has 2 aromatic rings. The van der Waals surface area contributed by atoms with Gasteiger partial charge in [0.2, 0.25) is 0 Å². The van der Waals surface area contributed by atoms with Crippen LogP contribution < -0.4 is 9.46 Å². The van der Waals surface area contributed by atoms with Gasteiger partial charge in [0.15, 0.2) is 0 Å². The molecule has 0 bridgehead atoms. The molecule has 31 heavy (non-hydrogen) atoms. The minimum atomic E-state index is -4.01. The largest absolute Gasteiger partial charge is 0.496 e. The number of carbonyl (C=O) groups excluding carboxylic acids is 2. The van der Waals surface area contributed by atoms with E-state index in [4.69, 9.17) is 4.74 Å². The summed E-state index contributed by atoms with van der Waals surface area (Å²) in [6.07, 6.45) is 3.99. The molecule has 1 N–H and O–H groups in total. The van der Waals surface area contributed by atoms with Crippen molar-refractivity contribution in [1.82, 2.24) is 4.90 Å². The van der Waals surface area contributed by atoms with Crippen molar-refractivity contribution in [3.63, 3.8) is 0 Å². The minimum absolute atomic E-state index is 0.0741. The Morgan fingerprint density at radius 2 is 1.68 bits per heavy atom. The van der Waals surface area contributed by atoms with Crippen LogP contribution in [0, 0.1) is 0 Å². The van der Waals surface area contributed by atoms with Crippen LogP contribution in [0.25, 0.3) is 0 Å². The predicted molar refractivity (Wildman–Crippen MR) is 116 cm³/mol. The molecule has 0 aromatic heterocycles. The van der Waals surface area contributed by atoms with Gasteiger partial charge >= 0.3 is 5.97 Å². The maximum Gasteiger partial charge on any atom is 0.337 e. The molecule has 166 valence electrons. The number of hydrogen-bond acceptors (Lipinski definition) is 6. The van der Waals surface area contributed by atoms with Gasteiger partial charge in [0.25, 0.3) is 15.9 Å². The maximum absolute atomic E-state index is 13.1. The van der Waals surface area contributed by atoms with Crippen molar-refractivity contribution in [3.05, 3.63) is 53.6 Å². The number of sulfonamides is 1. The number of methoxy groups -OCH3 is 2. The number of ether oxygens (including phenoxy) is 2. The number of carbonyl (C=O) groups is 2. The second-order valence-corrected chi connectivity index (χ2v) is 8.93. The van der Waals surface area contributed by atoms with Crippen LogP contribution in [0.2, 0.25) is 0 Å². The van der Waals surface area contributed by atoms with Crippen molar-refractivity contribution in [2.75, 3.05) is 32.0 Å². The Bertz CT molecular complexity index is 1060. The smallest absolute Gasteiger partial charge is 0.337 e. The number of hydrogen-bond donors (Lipinski definition) is 1. The molecule has 9 heteroatoms. The standard InChI is InChI=1S/C22H26N2O6S/c1-29-20-11-10-18(15-19(20)21(25)24-12-5-3-4-6-13-24)31(27,28)23-17-9-7-8-16(14-17)22(26)30-2/h7-11,14-15,23H,3-6,12-13H2,1-2H3. The van der Waals surface area contributed by atoms with Crippen molar-refractivity contribution in [3.8, 4) is 5.75 Å². The first kappa shape index (κ1) is 22.6. The maximum atomic E-state index is 13.1. The summed E-state index contributed by atoms with van der Waals surface area (Å²) in [5.41, 5.74) is 0.629. The van der Waals surface area contributed by atoms with Crippen molar-refractivity contribution in [1.29, 1.82) is 0 Å². The molecule has 0 radical (unpaired) electrons. The molecule has 1 amide bonds. The molecule has 1 aliphatic rings. The van der Waals surface area contributed by atoms with Gasteiger partial charge in [-0.15, -0.1) is 0 Å². The van der Waals surface area contributed by atoms with Crippen LogP contribution in [0.15, 0.2) is 47.4 Å². The Balaban J connectivity index is 1.90. The average Bonchev–Trinajstić information content (AvgIpc) is 3.07. The summed E-state index contributed by atoms with van der Waals surface area (Å²) in [7, 11) is -1.32. The van der Waals surface area contributed by atoms with Gasteiger partial charge in [-0.25, -0.2) is 13.2 Å². The lowest BCUT2D eigenvalue weighted by molar-refractivity contribution is 0.0600. The highest BCUT2D eigenvalue weighted by atomic mass is 32.2. The number of esters is 1. The zero-order valence-electron chi connectivity index (χ0n) is 17.6. The Labute approximate surface area is 182 Å². The van der Waals surface area contributed by atoms with Crippen molar-refractivity contribution in [2.45, 2.75) is 30.6 Å². The zero-order valence-corrected chi connectivity index (χ0v) is 18.4. The molecular weight excluding hydrogens is 420 g/mol. The number of nitrogens with one attached hydrogen (secondary N) is 1. The number of nitrogens with zero attached hydrogens (tertiary/aromatic N) is 1. The highest BCUT2D eigenvalue weighted by Gasteiger charge is 2.24. The van der Waals surface area contributed by atoms with Gasteiger partial charge in [-0.3, -0.25) is 9.52 Å². The SMILES string of the molecule is COC(=O)c1cccc(NS(=O)(=O)c2ccc(OC)c(C(=O)N3CCCCCC3)c2)c1. The van der Waals surface area contributed by atoms with E-state index < -0.39 is 16.0 Å². The molecule has 0 aliphatic carbocycles. The van der Waals surface area contributed by atoms with E-state index in [1.54, 1.807) is 11.0 Å². The fraction of sp³-hybridized carbons (Fsp3) is 0.364. The molecule has 1 aliphatic heterocycles. The monoisotopic (exact) mass is 446 g/mol. The van der Waals surface area contributed by atoms with E-state index in [1.807, 2.05) is 0 Å². The van der Waals surface area contributed by atoms with Gasteiger partial charge in [-0.2, -0.15) is 0 Å². The molecular formula is C22H26N2O6S. The van der Waals surface area contributed by atoms with Gasteiger partial charge in [0.05, 0.1) is 30.2 Å². The highest BCUT2D eigenvalue weighted by molar-refractivity contribution is 7.92. The van der Waals surface area contributed by atoms with E-state index >= 15 is 0 Å². The molecule has 1 fully saturated rings. The summed E-state index contributed by atoms with van der Waals surface area (Å²) < 4.78 is 38.4. The van der Waals surface area contributed by atoms with Crippen molar-refractivity contribution >= 4 is 27.6 Å². The van der Waals surface area contributed by atoms with Gasteiger partial charge in [-0.05, 0) is 49.2 Å². The number of likely N-dealkylation sites (tertiary alicyclic amines) is 1. The summed E-state index contributed by atoms with van der Waals surface area (Å²) in [4.78, 5) is 26.5. The van der Waals surface area contributed by atoms with Crippen LogP contribution in [0.4, 0.5) is 5.69 Å². The van der Waals surface area contributed by atoms with E-state index in [0.29, 0.717) is 18.8 Å². The van der Waals surface area contributed by atoms with Crippen LogP contribution in [0.5, 0.6) is 5.75 Å². The molecule has 0 atom stereocenters. The van der Waals surface area contributed by atoms with Crippen LogP contribution in [0.3, 0.4) is 0 Å². The van der Waals surface area contributed by atoms with Crippen molar-refractivity contribution < 1.29 is 27.5 Å². The van der Waals surface area contributed by atoms with E-state index in [1.165, 1.54) is 50.6 Å². The molecule has 1 saturated heterocycles. The Morgan fingerprint density at radius 3 is 2.32 bits per heavy atom. The van der Waals surface area contributed by atoms with E-state index in [-0.39, 0.29) is 27.6 Å². The summed E-state index contributed by atoms with van der Waals surface area (Å²) in [6, 6.07) is 10.2. The minimum Gasteiger partial charge on any atom is -0.496 e. The average molecular weight is 447 g/mol. The highest BCUT2D eigenvalue weighted by Crippen LogP contribution is 2.26. The summed E-state index contributed by atoms with van der Waals surface area (Å²) >= 11 is 0. The molecule has 0 unspecified atom stereocenters. The lowest BCUT2D eigenvalue weighted by Crippen LogP contribution is -2.32. The Morgan fingerprint density at radius 1 is 0.968 bits per heavy atom. The van der Waals surface area contributed by atoms with E-state index in [2.05, 4.69) is 9.46 Å². The number of rotatable bonds is 6. The topological polar surface area (TPSA) is 102 Å². The first-order valence-electron chi connectivity index (χ1n) is 10.0. The molecule has 2 aromatic carbocycles. The molecule has 1 heterocycles. The first-order chi connectivity index (χ1) is 14.9. The normalized spacial score (nSPS) is 14.5. The second kappa shape index (κ2) is 9.82. The van der Waals surface area contributed by atoms with Crippen LogP contribution >= 0.6 is 0 Å². The number of amides is 1. The predicted octanol–water partition coefficient (Wildman–Crippen LogP) is 3.30. The fourth-order valence-electron chi connectivity index (χ4n) is 3.51. The van der Waals surface area contributed by atoms with Gasteiger partial charge < -0.3 is 14.4 Å². The number of benzene rings is 2. The molecule has 8 nitrogen and oxygen atoms in total. The third kappa shape index (κ3) is 5.35. The molecule has 3 rings (SSSR count). The van der Waals surface area contributed by atoms with E-state index in [0.717, 1.165) is 25.7 Å². The van der Waals surface area contributed by atoms with Crippen LogP contribution in [0.1, 0.15) is 46.4 Å². The van der Waals surface area contributed by atoms with Crippen LogP contribution in [-0.4, -0.2) is 52.5 Å². The lowest BCUT2D eigenvalue weighted by atomic mass is 10.1. The third-order valence-corrected chi connectivity index (χ3v) is 6.52. The summed E-state index contributed by atoms with van der Waals surface area (Å²) in [6.45, 7) is 1.27. The zero-order chi connectivity index (χ0) is 22.4. The van der Waals surface area contributed by atoms with Gasteiger partial charge in [-0.1, -0.05) is 18.9 Å². The first-order valence-corrected chi connectivity index (χ1v) is 11.5. The lowest BCUT2D eigenvalue weighted by Gasteiger charge is -2.22. The summed E-state index contributed by atoms with van der Waals surface area (Å²) in [5.74, 6) is -0.500. The molecule has 0 saturated carbocycles. The Hall–Kier alpha value is -3.07. The van der Waals surface area contributed by atoms with Gasteiger partial charge in [0, 0.05) is 18.8 Å². The summed E-state index contributed by atoms with van der Waals surface area (Å²) in [5, 5.41) is 0. The fourth-order valence-corrected chi connectivity index (χ4v) is 4.58.